The molecule has 2 rings (SSSR count). The van der Waals surface area contributed by atoms with E-state index in [2.05, 4.69) is 59.7 Å². The van der Waals surface area contributed by atoms with Crippen LogP contribution in [0, 0.1) is 5.92 Å². The zero-order valence-electron chi connectivity index (χ0n) is 16.2. The monoisotopic (exact) mass is 353 g/mol. The third-order valence-electron chi connectivity index (χ3n) is 4.34. The molecule has 2 heterocycles. The Labute approximate surface area is 157 Å². The molecule has 0 aromatic carbocycles. The summed E-state index contributed by atoms with van der Waals surface area (Å²) in [6.07, 6.45) is 9.91. The smallest absolute Gasteiger partial charge is 0.104 e. The second-order valence-corrected chi connectivity index (χ2v) is 7.08. The van der Waals surface area contributed by atoms with Crippen LogP contribution in [0.4, 0.5) is 5.69 Å². The lowest BCUT2D eigenvalue weighted by molar-refractivity contribution is 0.444. The number of pyridine rings is 1. The second kappa shape index (κ2) is 9.80. The molecule has 1 atom stereocenters. The van der Waals surface area contributed by atoms with Crippen LogP contribution in [0.15, 0.2) is 43.9 Å². The Balaban J connectivity index is 2.03. The fourth-order valence-corrected chi connectivity index (χ4v) is 2.88. The maximum Gasteiger partial charge on any atom is 0.104 e. The van der Waals surface area contributed by atoms with E-state index < -0.39 is 0 Å². The molecule has 0 aliphatic heterocycles. The molecule has 0 amide bonds. The first-order valence-corrected chi connectivity index (χ1v) is 9.36. The molecule has 26 heavy (non-hydrogen) atoms. The Morgan fingerprint density at radius 3 is 2.62 bits per heavy atom. The van der Waals surface area contributed by atoms with Gasteiger partial charge in [0.25, 0.3) is 0 Å². The van der Waals surface area contributed by atoms with E-state index in [0.29, 0.717) is 12.0 Å². The molecular formula is C21H31N5. The Hall–Kier alpha value is -2.56. The number of H-pyrrole nitrogens is 1. The zero-order chi connectivity index (χ0) is 18.9. The second-order valence-electron chi connectivity index (χ2n) is 7.08. The van der Waals surface area contributed by atoms with Crippen LogP contribution in [0.25, 0.3) is 11.4 Å². The van der Waals surface area contributed by atoms with Crippen molar-refractivity contribution in [2.24, 2.45) is 5.92 Å². The Morgan fingerprint density at radius 1 is 1.15 bits per heavy atom. The number of aromatic amines is 1. The van der Waals surface area contributed by atoms with Crippen LogP contribution >= 0.6 is 0 Å². The van der Waals surface area contributed by atoms with Crippen molar-refractivity contribution in [1.82, 2.24) is 20.5 Å². The van der Waals surface area contributed by atoms with E-state index in [0.717, 1.165) is 47.6 Å². The van der Waals surface area contributed by atoms with Crippen LogP contribution < -0.4 is 10.6 Å². The van der Waals surface area contributed by atoms with Gasteiger partial charge in [0, 0.05) is 29.7 Å². The van der Waals surface area contributed by atoms with E-state index in [1.54, 1.807) is 18.6 Å². The highest BCUT2D eigenvalue weighted by Gasteiger charge is 2.14. The van der Waals surface area contributed by atoms with Gasteiger partial charge in [0.05, 0.1) is 17.6 Å². The van der Waals surface area contributed by atoms with Crippen molar-refractivity contribution >= 4 is 17.1 Å². The molecule has 0 radical (unpaired) electrons. The quantitative estimate of drug-likeness (QED) is 0.529. The van der Waals surface area contributed by atoms with Crippen LogP contribution in [0.5, 0.6) is 0 Å². The lowest BCUT2D eigenvalue weighted by Gasteiger charge is -2.22. The molecule has 3 N–H and O–H groups in total. The molecule has 0 aliphatic rings. The van der Waals surface area contributed by atoms with Gasteiger partial charge in [0.1, 0.15) is 5.69 Å². The van der Waals surface area contributed by atoms with E-state index >= 15 is 0 Å². The maximum absolute atomic E-state index is 4.22. The van der Waals surface area contributed by atoms with E-state index in [1.165, 1.54) is 6.42 Å². The number of hydrogen-bond donors (Lipinski definition) is 3. The molecule has 0 saturated heterocycles. The van der Waals surface area contributed by atoms with Gasteiger partial charge in [0.2, 0.25) is 0 Å². The highest BCUT2D eigenvalue weighted by molar-refractivity contribution is 5.80. The summed E-state index contributed by atoms with van der Waals surface area (Å²) >= 11 is 0. The molecule has 140 valence electrons. The molecule has 0 spiro atoms. The summed E-state index contributed by atoms with van der Waals surface area (Å²) in [5.41, 5.74) is 4.29. The van der Waals surface area contributed by atoms with Gasteiger partial charge in [-0.3, -0.25) is 10.1 Å². The van der Waals surface area contributed by atoms with Crippen molar-refractivity contribution in [3.63, 3.8) is 0 Å². The number of anilines is 1. The molecule has 0 bridgehead atoms. The predicted octanol–water partition coefficient (Wildman–Crippen LogP) is 5.05. The molecule has 0 aliphatic carbocycles. The first kappa shape index (κ1) is 19.8. The van der Waals surface area contributed by atoms with Crippen LogP contribution in [0.1, 0.15) is 57.7 Å². The average Bonchev–Trinajstić information content (AvgIpc) is 3.08. The van der Waals surface area contributed by atoms with Crippen LogP contribution in [-0.4, -0.2) is 21.2 Å². The van der Waals surface area contributed by atoms with Gasteiger partial charge < -0.3 is 10.6 Å². The van der Waals surface area contributed by atoms with Gasteiger partial charge in [-0.1, -0.05) is 40.3 Å². The summed E-state index contributed by atoms with van der Waals surface area (Å²) in [5, 5.41) is 14.1. The van der Waals surface area contributed by atoms with Crippen molar-refractivity contribution < 1.29 is 0 Å². The van der Waals surface area contributed by atoms with E-state index in [1.807, 2.05) is 12.1 Å². The van der Waals surface area contributed by atoms with Crippen molar-refractivity contribution in [3.8, 4) is 0 Å². The summed E-state index contributed by atoms with van der Waals surface area (Å²) in [6, 6.07) is 4.29. The number of nitrogens with zero attached hydrogens (tertiary/aromatic N) is 2. The van der Waals surface area contributed by atoms with Gasteiger partial charge in [-0.15, -0.1) is 0 Å². The van der Waals surface area contributed by atoms with Crippen molar-refractivity contribution in [2.75, 3.05) is 5.32 Å². The zero-order valence-corrected chi connectivity index (χ0v) is 16.2. The molecule has 1 unspecified atom stereocenters. The Kier molecular flexibility index (Phi) is 7.45. The predicted molar refractivity (Wildman–Crippen MR) is 110 cm³/mol. The summed E-state index contributed by atoms with van der Waals surface area (Å²) in [6.45, 7) is 15.1. The van der Waals surface area contributed by atoms with Crippen molar-refractivity contribution in [1.29, 1.82) is 0 Å². The summed E-state index contributed by atoms with van der Waals surface area (Å²) in [5.74, 6) is 0.705. The molecule has 2 aromatic heterocycles. The topological polar surface area (TPSA) is 65.6 Å². The lowest BCUT2D eigenvalue weighted by Crippen LogP contribution is -2.28. The average molecular weight is 354 g/mol. The minimum Gasteiger partial charge on any atom is -0.381 e. The fourth-order valence-electron chi connectivity index (χ4n) is 2.88. The lowest BCUT2D eigenvalue weighted by atomic mass is 10.00. The third kappa shape index (κ3) is 5.76. The van der Waals surface area contributed by atoms with Gasteiger partial charge >= 0.3 is 0 Å². The highest BCUT2D eigenvalue weighted by atomic mass is 15.2. The standard InChI is InChI=1S/C21H31N5/c1-6-8-19(11-10-15(2)3)24-17(5)21-20(14-23-26-21)25-16(4)18-9-7-12-22-13-18/h7,9,12-15,19,24-25H,4-6,8,10-11H2,1-3H3,(H,23,26). The number of nitrogens with one attached hydrogen (secondary N) is 3. The fraction of sp³-hybridized carbons (Fsp3) is 0.429. The van der Waals surface area contributed by atoms with Crippen LogP contribution in [0.3, 0.4) is 0 Å². The molecular weight excluding hydrogens is 322 g/mol. The summed E-state index contributed by atoms with van der Waals surface area (Å²) in [7, 11) is 0. The summed E-state index contributed by atoms with van der Waals surface area (Å²) in [4.78, 5) is 4.13. The molecule has 2 aromatic rings. The normalized spacial score (nSPS) is 12.0. The minimum atomic E-state index is 0.424. The highest BCUT2D eigenvalue weighted by Crippen LogP contribution is 2.24. The molecule has 0 fully saturated rings. The molecule has 0 saturated carbocycles. The molecule has 5 heteroatoms. The minimum absolute atomic E-state index is 0.424. The van der Waals surface area contributed by atoms with Gasteiger partial charge in [0.15, 0.2) is 0 Å². The van der Waals surface area contributed by atoms with Gasteiger partial charge in [-0.05, 0) is 37.3 Å². The summed E-state index contributed by atoms with van der Waals surface area (Å²) < 4.78 is 0. The van der Waals surface area contributed by atoms with Crippen LogP contribution in [-0.2, 0) is 0 Å². The first-order chi connectivity index (χ1) is 12.5. The van der Waals surface area contributed by atoms with E-state index in [4.69, 9.17) is 0 Å². The van der Waals surface area contributed by atoms with Gasteiger partial charge in [-0.25, -0.2) is 0 Å². The first-order valence-electron chi connectivity index (χ1n) is 9.36. The molecule has 5 nitrogen and oxygen atoms in total. The van der Waals surface area contributed by atoms with Crippen LogP contribution in [0.2, 0.25) is 0 Å². The van der Waals surface area contributed by atoms with Crippen molar-refractivity contribution in [3.05, 3.63) is 55.1 Å². The van der Waals surface area contributed by atoms with Gasteiger partial charge in [-0.2, -0.15) is 5.10 Å². The van der Waals surface area contributed by atoms with Crippen molar-refractivity contribution in [2.45, 2.75) is 52.5 Å². The Morgan fingerprint density at radius 2 is 1.96 bits per heavy atom. The number of hydrogen-bond acceptors (Lipinski definition) is 4. The third-order valence-corrected chi connectivity index (χ3v) is 4.34. The largest absolute Gasteiger partial charge is 0.381 e. The number of rotatable bonds is 11. The SMILES string of the molecule is C=C(Nc1cn[nH]c1C(=C)NC(CCC)CCC(C)C)c1cccnc1. The van der Waals surface area contributed by atoms with E-state index in [9.17, 15) is 0 Å². The van der Waals surface area contributed by atoms with E-state index in [-0.39, 0.29) is 0 Å². The number of aromatic nitrogens is 3. The maximum atomic E-state index is 4.22. The Bertz CT molecular complexity index is 702.